The zero-order valence-electron chi connectivity index (χ0n) is 27.8. The largest absolute Gasteiger partial charge is 0.444 e. The number of amides is 1. The average Bonchev–Trinajstić information content (AvgIpc) is 3.84. The van der Waals surface area contributed by atoms with Crippen LogP contribution in [0.3, 0.4) is 0 Å². The Morgan fingerprint density at radius 3 is 2.47 bits per heavy atom. The lowest BCUT2D eigenvalue weighted by Gasteiger charge is -2.39. The number of pyridine rings is 1. The third-order valence-electron chi connectivity index (χ3n) is 10.5. The van der Waals surface area contributed by atoms with Crippen molar-refractivity contribution in [2.75, 3.05) is 19.8 Å². The van der Waals surface area contributed by atoms with Crippen LogP contribution >= 0.6 is 27.5 Å². The van der Waals surface area contributed by atoms with E-state index in [0.717, 1.165) is 48.7 Å². The number of hydrogen-bond acceptors (Lipinski definition) is 6. The number of likely N-dealkylation sites (tertiary alicyclic amines) is 1. The number of ether oxygens (including phenoxy) is 3. The summed E-state index contributed by atoms with van der Waals surface area (Å²) >= 11 is 10.0. The van der Waals surface area contributed by atoms with E-state index < -0.39 is 19.7 Å². The molecule has 250 valence electrons. The Labute approximate surface area is 280 Å². The van der Waals surface area contributed by atoms with E-state index in [4.69, 9.17) is 30.2 Å². The maximum atomic E-state index is 16.0. The molecule has 6 rings (SSSR count). The van der Waals surface area contributed by atoms with Gasteiger partial charge in [-0.25, -0.2) is 14.2 Å². The van der Waals surface area contributed by atoms with Gasteiger partial charge >= 0.3 is 6.09 Å². The second-order valence-corrected chi connectivity index (χ2v) is 21.8. The van der Waals surface area contributed by atoms with E-state index >= 15 is 4.39 Å². The predicted octanol–water partition coefficient (Wildman–Crippen LogP) is 8.94. The van der Waals surface area contributed by atoms with Gasteiger partial charge in [-0.2, -0.15) is 0 Å². The third kappa shape index (κ3) is 6.47. The zero-order valence-corrected chi connectivity index (χ0v) is 31.2. The highest BCUT2D eigenvalue weighted by Gasteiger charge is 2.65. The van der Waals surface area contributed by atoms with Gasteiger partial charge in [0.2, 0.25) is 0 Å². The Kier molecular flexibility index (Phi) is 8.99. The molecule has 2 saturated heterocycles. The van der Waals surface area contributed by atoms with Crippen molar-refractivity contribution >= 4 is 52.8 Å². The van der Waals surface area contributed by atoms with Crippen LogP contribution in [0.15, 0.2) is 4.60 Å². The Hall–Kier alpha value is -1.24. The van der Waals surface area contributed by atoms with Gasteiger partial charge in [-0.1, -0.05) is 32.4 Å². The molecule has 1 unspecified atom stereocenters. The van der Waals surface area contributed by atoms with Crippen LogP contribution in [0, 0.1) is 17.7 Å². The summed E-state index contributed by atoms with van der Waals surface area (Å²) < 4.78 is 43.6. The third-order valence-corrected chi connectivity index (χ3v) is 15.8. The number of carbonyl (C=O) groups is 1. The topological polar surface area (TPSA) is 75.0 Å². The number of halogens is 3. The zero-order chi connectivity index (χ0) is 32.6. The van der Waals surface area contributed by atoms with Crippen LogP contribution in [0.25, 0.3) is 10.9 Å². The number of piperidine rings is 1. The van der Waals surface area contributed by atoms with Gasteiger partial charge < -0.3 is 28.1 Å². The molecule has 0 spiro atoms. The van der Waals surface area contributed by atoms with Gasteiger partial charge in [0.15, 0.2) is 25.6 Å². The van der Waals surface area contributed by atoms with Crippen LogP contribution in [0.1, 0.15) is 96.9 Å². The van der Waals surface area contributed by atoms with Crippen molar-refractivity contribution in [2.45, 2.75) is 128 Å². The summed E-state index contributed by atoms with van der Waals surface area (Å²) in [5.41, 5.74) is 1.91. The lowest BCUT2D eigenvalue weighted by molar-refractivity contribution is -0.169. The lowest BCUT2D eigenvalue weighted by atomic mass is 10.0. The standard InChI is InChI=1S/C33H48BrClFN3O5Si/c1-32(2,3)44-31(40)38-15-19-23(20(38)17-43-45(7,8)33(4,5)6)24(19)25-21(16-42-22-11-9-10-14-41-22)39(18-12-13-18)28-26(25)29(34)37-30(35)27(28)36/h18-20,22-24H,9-17H2,1-8H3/t19-,20+,22?,23-,24+/m0/s1. The molecular weight excluding hydrogens is 681 g/mol. The molecule has 45 heavy (non-hydrogen) atoms. The molecule has 0 aromatic carbocycles. The van der Waals surface area contributed by atoms with Crippen molar-refractivity contribution in [3.05, 3.63) is 26.8 Å². The van der Waals surface area contributed by atoms with Gasteiger partial charge in [0.25, 0.3) is 0 Å². The van der Waals surface area contributed by atoms with Crippen molar-refractivity contribution in [3.63, 3.8) is 0 Å². The molecule has 2 aliphatic carbocycles. The van der Waals surface area contributed by atoms with Crippen molar-refractivity contribution in [3.8, 4) is 0 Å². The van der Waals surface area contributed by atoms with Crippen LogP contribution < -0.4 is 0 Å². The first-order chi connectivity index (χ1) is 21.0. The summed E-state index contributed by atoms with van der Waals surface area (Å²) in [4.78, 5) is 19.8. The molecule has 5 atom stereocenters. The van der Waals surface area contributed by atoms with Crippen LogP contribution in [-0.2, 0) is 25.2 Å². The fourth-order valence-corrected chi connectivity index (χ4v) is 8.88. The molecule has 2 aromatic rings. The predicted molar refractivity (Wildman–Crippen MR) is 179 cm³/mol. The second kappa shape index (κ2) is 12.0. The molecule has 1 amide bonds. The minimum absolute atomic E-state index is 0.0292. The lowest BCUT2D eigenvalue weighted by Crippen LogP contribution is -2.48. The van der Waals surface area contributed by atoms with Crippen molar-refractivity contribution in [1.29, 1.82) is 0 Å². The summed E-state index contributed by atoms with van der Waals surface area (Å²) in [7, 11) is -2.11. The maximum absolute atomic E-state index is 16.0. The second-order valence-electron chi connectivity index (χ2n) is 15.8. The van der Waals surface area contributed by atoms with Gasteiger partial charge in [0.05, 0.1) is 24.8 Å². The summed E-state index contributed by atoms with van der Waals surface area (Å²) in [5.74, 6) is -0.0964. The summed E-state index contributed by atoms with van der Waals surface area (Å²) in [6.45, 7) is 18.8. The molecule has 2 saturated carbocycles. The van der Waals surface area contributed by atoms with Gasteiger partial charge in [0.1, 0.15) is 10.2 Å². The molecular formula is C33H48BrClFN3O5Si. The van der Waals surface area contributed by atoms with Gasteiger partial charge in [-0.05, 0) is 110 Å². The Balaban J connectivity index is 1.40. The molecule has 0 bridgehead atoms. The fraction of sp³-hybridized carbons (Fsp3) is 0.758. The fourth-order valence-electron chi connectivity index (χ4n) is 7.01. The average molecular weight is 729 g/mol. The van der Waals surface area contributed by atoms with E-state index in [-0.39, 0.29) is 52.4 Å². The molecule has 0 radical (unpaired) electrons. The number of carbonyl (C=O) groups excluding carboxylic acids is 1. The van der Waals surface area contributed by atoms with E-state index in [0.29, 0.717) is 36.5 Å². The highest BCUT2D eigenvalue weighted by atomic mass is 79.9. The quantitative estimate of drug-likeness (QED) is 0.200. The van der Waals surface area contributed by atoms with Crippen LogP contribution in [0.5, 0.6) is 0 Å². The monoisotopic (exact) mass is 727 g/mol. The van der Waals surface area contributed by atoms with Crippen molar-refractivity contribution < 1.29 is 27.8 Å². The first kappa shape index (κ1) is 33.7. The molecule has 2 aromatic heterocycles. The molecule has 0 N–H and O–H groups in total. The Bertz CT molecular complexity index is 1460. The van der Waals surface area contributed by atoms with Gasteiger partial charge in [-0.15, -0.1) is 0 Å². The van der Waals surface area contributed by atoms with Crippen molar-refractivity contribution in [1.82, 2.24) is 14.5 Å². The highest BCUT2D eigenvalue weighted by Crippen LogP contribution is 2.64. The molecule has 4 aliphatic rings. The molecule has 8 nitrogen and oxygen atoms in total. The molecule has 4 heterocycles. The first-order valence-electron chi connectivity index (χ1n) is 16.4. The number of hydrogen-bond donors (Lipinski definition) is 0. The minimum atomic E-state index is -2.11. The molecule has 4 fully saturated rings. The van der Waals surface area contributed by atoms with E-state index in [2.05, 4.69) is 59.3 Å². The summed E-state index contributed by atoms with van der Waals surface area (Å²) in [6, 6.07) is 0.0178. The number of nitrogens with zero attached hydrogens (tertiary/aromatic N) is 3. The van der Waals surface area contributed by atoms with Crippen LogP contribution in [0.2, 0.25) is 23.3 Å². The highest BCUT2D eigenvalue weighted by molar-refractivity contribution is 9.10. The first-order valence-corrected chi connectivity index (χ1v) is 20.5. The maximum Gasteiger partial charge on any atom is 0.410 e. The molecule has 12 heteroatoms. The van der Waals surface area contributed by atoms with Gasteiger partial charge in [-0.3, -0.25) is 0 Å². The Morgan fingerprint density at radius 1 is 1.16 bits per heavy atom. The normalized spacial score (nSPS) is 27.3. The molecule has 2 aliphatic heterocycles. The smallest absolute Gasteiger partial charge is 0.410 e. The van der Waals surface area contributed by atoms with Crippen LogP contribution in [0.4, 0.5) is 9.18 Å². The summed E-state index contributed by atoms with van der Waals surface area (Å²) in [6.07, 6.45) is 4.30. The van der Waals surface area contributed by atoms with E-state index in [1.54, 1.807) is 0 Å². The summed E-state index contributed by atoms with van der Waals surface area (Å²) in [5, 5.41) is 0.650. The number of rotatable bonds is 8. The van der Waals surface area contributed by atoms with E-state index in [9.17, 15) is 4.79 Å². The van der Waals surface area contributed by atoms with Crippen LogP contribution in [-0.4, -0.2) is 66.6 Å². The van der Waals surface area contributed by atoms with E-state index in [1.165, 1.54) is 0 Å². The SMILES string of the molecule is CC(C)(C)OC(=O)N1C[C@@H]2[C@@H](c3c(COC4CCCCO4)n(C4CC4)c4c(F)c(Cl)nc(Br)c34)[C@@H]2[C@H]1CO[Si](C)(C)C(C)(C)C. The van der Waals surface area contributed by atoms with E-state index in [1.807, 2.05) is 25.7 Å². The number of aromatic nitrogens is 2. The Morgan fingerprint density at radius 2 is 1.87 bits per heavy atom. The van der Waals surface area contributed by atoms with Gasteiger partial charge in [0, 0.05) is 30.3 Å². The minimum Gasteiger partial charge on any atom is -0.444 e. The number of fused-ring (bicyclic) bond motifs is 2. The van der Waals surface area contributed by atoms with Crippen molar-refractivity contribution in [2.24, 2.45) is 11.8 Å².